The van der Waals surface area contributed by atoms with Gasteiger partial charge in [0, 0.05) is 0 Å². The van der Waals surface area contributed by atoms with Crippen LogP contribution in [0.3, 0.4) is 0 Å². The predicted octanol–water partition coefficient (Wildman–Crippen LogP) is 3.83. The van der Waals surface area contributed by atoms with Gasteiger partial charge in [0.1, 0.15) is 28.4 Å². The highest BCUT2D eigenvalue weighted by molar-refractivity contribution is 7.86. The molecule has 2 N–H and O–H groups in total. The van der Waals surface area contributed by atoms with Crippen LogP contribution < -0.4 is 15.4 Å². The summed E-state index contributed by atoms with van der Waals surface area (Å²) in [7, 11) is -3.80. The Labute approximate surface area is 203 Å². The third kappa shape index (κ3) is 4.07. The molecule has 5 aromatic rings. The molecule has 0 radical (unpaired) electrons. The molecule has 36 heavy (non-hydrogen) atoms. The van der Waals surface area contributed by atoms with Crippen molar-refractivity contribution in [3.05, 3.63) is 110 Å². The molecule has 5 rings (SSSR count). The van der Waals surface area contributed by atoms with Crippen LogP contribution in [0.4, 0.5) is 0 Å². The van der Waals surface area contributed by atoms with E-state index in [9.17, 15) is 28.2 Å². The molecule has 2 heterocycles. The van der Waals surface area contributed by atoms with Crippen molar-refractivity contribution in [2.75, 3.05) is 6.26 Å². The summed E-state index contributed by atoms with van der Waals surface area (Å²) in [4.78, 5) is 26.3. The summed E-state index contributed by atoms with van der Waals surface area (Å²) < 4.78 is 38.7. The lowest BCUT2D eigenvalue weighted by Gasteiger charge is -2.20. The zero-order valence-corrected chi connectivity index (χ0v) is 19.5. The lowest BCUT2D eigenvalue weighted by Crippen LogP contribution is -2.21. The number of para-hydroxylation sites is 2. The van der Waals surface area contributed by atoms with E-state index >= 15 is 0 Å². The van der Waals surface area contributed by atoms with Gasteiger partial charge in [0.15, 0.2) is 0 Å². The molecule has 0 aliphatic rings. The molecule has 0 aliphatic carbocycles. The first-order valence-corrected chi connectivity index (χ1v) is 12.4. The van der Waals surface area contributed by atoms with E-state index in [1.54, 1.807) is 36.4 Å². The first-order valence-electron chi connectivity index (χ1n) is 10.6. The Morgan fingerprint density at radius 1 is 0.722 bits per heavy atom. The molecule has 0 amide bonds. The minimum atomic E-state index is -3.80. The van der Waals surface area contributed by atoms with Crippen LogP contribution in [0.2, 0.25) is 0 Å². The number of hydrogen-bond donors (Lipinski definition) is 2. The van der Waals surface area contributed by atoms with Gasteiger partial charge in [0.05, 0.1) is 34.1 Å². The molecule has 0 saturated carbocycles. The minimum Gasteiger partial charge on any atom is -0.507 e. The molecule has 9 nitrogen and oxygen atoms in total. The van der Waals surface area contributed by atoms with Gasteiger partial charge < -0.3 is 23.2 Å². The number of rotatable bonds is 5. The molecule has 0 spiro atoms. The summed E-state index contributed by atoms with van der Waals surface area (Å²) in [5.41, 5.74) is -1.94. The van der Waals surface area contributed by atoms with E-state index in [4.69, 9.17) is 13.0 Å². The number of hydrogen-bond acceptors (Lipinski definition) is 9. The van der Waals surface area contributed by atoms with Crippen molar-refractivity contribution >= 4 is 32.1 Å². The monoisotopic (exact) mass is 506 g/mol. The second kappa shape index (κ2) is 8.58. The van der Waals surface area contributed by atoms with Crippen LogP contribution in [0.15, 0.2) is 91.2 Å². The fourth-order valence-electron chi connectivity index (χ4n) is 4.17. The summed E-state index contributed by atoms with van der Waals surface area (Å²) in [6, 6.07) is 18.1. The normalized spacial score (nSPS) is 11.8. The lowest BCUT2D eigenvalue weighted by atomic mass is 9.84. The van der Waals surface area contributed by atoms with Gasteiger partial charge in [0.25, 0.3) is 0 Å². The zero-order chi connectivity index (χ0) is 25.6. The van der Waals surface area contributed by atoms with Crippen molar-refractivity contribution in [3.8, 4) is 17.2 Å². The van der Waals surface area contributed by atoms with Crippen molar-refractivity contribution in [2.45, 2.75) is 5.92 Å². The van der Waals surface area contributed by atoms with E-state index in [1.807, 2.05) is 0 Å². The van der Waals surface area contributed by atoms with Crippen LogP contribution >= 0.6 is 0 Å². The fourth-order valence-corrected chi connectivity index (χ4v) is 4.63. The molecule has 0 bridgehead atoms. The van der Waals surface area contributed by atoms with Crippen LogP contribution in [-0.2, 0) is 10.1 Å². The number of aromatic hydroxyl groups is 2. The van der Waals surface area contributed by atoms with Gasteiger partial charge >= 0.3 is 21.4 Å². The summed E-state index contributed by atoms with van der Waals surface area (Å²) in [5.74, 6) is -2.21. The van der Waals surface area contributed by atoms with Gasteiger partial charge in [-0.15, -0.1) is 0 Å². The van der Waals surface area contributed by atoms with Crippen LogP contribution in [0.1, 0.15) is 22.6 Å². The minimum absolute atomic E-state index is 0.00969. The molecule has 2 aromatic heterocycles. The van der Waals surface area contributed by atoms with Crippen LogP contribution in [0, 0.1) is 0 Å². The van der Waals surface area contributed by atoms with E-state index in [1.165, 1.54) is 36.4 Å². The standard InChI is InChI=1S/C26H18O9S/c1-36(31,32)35-15-12-10-14(11-13-15)20(21-23(27)16-6-2-4-8-18(16)33-25(21)29)22-24(28)17-7-3-5-9-19(17)34-26(22)30/h2-13,20,27-28H,1H3. The Bertz CT molecular complexity index is 1750. The van der Waals surface area contributed by atoms with Crippen LogP contribution in [0.25, 0.3) is 21.9 Å². The van der Waals surface area contributed by atoms with Crippen molar-refractivity contribution in [2.24, 2.45) is 0 Å². The Morgan fingerprint density at radius 3 is 1.61 bits per heavy atom. The molecule has 0 aliphatic heterocycles. The third-order valence-corrected chi connectivity index (χ3v) is 6.17. The van der Waals surface area contributed by atoms with Gasteiger partial charge in [-0.2, -0.15) is 8.42 Å². The Kier molecular flexibility index (Phi) is 5.52. The molecular weight excluding hydrogens is 488 g/mol. The maximum atomic E-state index is 13.1. The van der Waals surface area contributed by atoms with Gasteiger partial charge in [0.2, 0.25) is 0 Å². The highest BCUT2D eigenvalue weighted by Gasteiger charge is 2.32. The first-order chi connectivity index (χ1) is 17.1. The topological polar surface area (TPSA) is 144 Å². The van der Waals surface area contributed by atoms with E-state index in [0.717, 1.165) is 6.26 Å². The van der Waals surface area contributed by atoms with Gasteiger partial charge in [-0.3, -0.25) is 0 Å². The summed E-state index contributed by atoms with van der Waals surface area (Å²) in [6.45, 7) is 0. The smallest absolute Gasteiger partial charge is 0.344 e. The second-order valence-corrected chi connectivity index (χ2v) is 9.66. The maximum Gasteiger partial charge on any atom is 0.344 e. The SMILES string of the molecule is CS(=O)(=O)Oc1ccc(C(c2c(O)c3ccccc3oc2=O)c2c(O)c3ccccc3oc2=O)cc1. The highest BCUT2D eigenvalue weighted by Crippen LogP contribution is 2.42. The Morgan fingerprint density at radius 2 is 1.17 bits per heavy atom. The van der Waals surface area contributed by atoms with Crippen molar-refractivity contribution in [3.63, 3.8) is 0 Å². The van der Waals surface area contributed by atoms with Gasteiger partial charge in [-0.05, 0) is 42.0 Å². The molecule has 0 saturated heterocycles. The van der Waals surface area contributed by atoms with Crippen molar-refractivity contribution < 1.29 is 31.6 Å². The molecule has 182 valence electrons. The van der Waals surface area contributed by atoms with Gasteiger partial charge in [-0.25, -0.2) is 9.59 Å². The van der Waals surface area contributed by atoms with Crippen molar-refractivity contribution in [1.29, 1.82) is 0 Å². The predicted molar refractivity (Wildman–Crippen MR) is 131 cm³/mol. The first kappa shape index (κ1) is 23.2. The highest BCUT2D eigenvalue weighted by atomic mass is 32.2. The summed E-state index contributed by atoms with van der Waals surface area (Å²) >= 11 is 0. The molecule has 0 fully saturated rings. The average molecular weight is 506 g/mol. The van der Waals surface area contributed by atoms with Gasteiger partial charge in [-0.1, -0.05) is 36.4 Å². The zero-order valence-electron chi connectivity index (χ0n) is 18.7. The van der Waals surface area contributed by atoms with Crippen LogP contribution in [-0.4, -0.2) is 24.9 Å². The second-order valence-electron chi connectivity index (χ2n) is 8.09. The van der Waals surface area contributed by atoms with Crippen molar-refractivity contribution in [1.82, 2.24) is 0 Å². The third-order valence-electron chi connectivity index (χ3n) is 5.68. The molecule has 0 unspecified atom stereocenters. The maximum absolute atomic E-state index is 13.1. The number of benzene rings is 3. The largest absolute Gasteiger partial charge is 0.507 e. The van der Waals surface area contributed by atoms with E-state index in [0.29, 0.717) is 0 Å². The van der Waals surface area contributed by atoms with E-state index < -0.39 is 38.8 Å². The molecule has 10 heteroatoms. The summed E-state index contributed by atoms with van der Waals surface area (Å²) in [5, 5.41) is 22.7. The Balaban J connectivity index is 1.83. The molecule has 3 aromatic carbocycles. The quantitative estimate of drug-likeness (QED) is 0.268. The Hall–Kier alpha value is -4.57. The molecular formula is C26H18O9S. The van der Waals surface area contributed by atoms with E-state index in [2.05, 4.69) is 0 Å². The average Bonchev–Trinajstić information content (AvgIpc) is 2.82. The van der Waals surface area contributed by atoms with E-state index in [-0.39, 0.29) is 44.4 Å². The fraction of sp³-hybridized carbons (Fsp3) is 0.0769. The number of fused-ring (bicyclic) bond motifs is 2. The lowest BCUT2D eigenvalue weighted by molar-refractivity contribution is 0.441. The van der Waals surface area contributed by atoms with Crippen LogP contribution in [0.5, 0.6) is 17.2 Å². The summed E-state index contributed by atoms with van der Waals surface area (Å²) in [6.07, 6.45) is 0.889. The molecule has 0 atom stereocenters.